The Morgan fingerprint density at radius 2 is 1.46 bits per heavy atom. The van der Waals surface area contributed by atoms with E-state index in [1.807, 2.05) is 12.1 Å². The summed E-state index contributed by atoms with van der Waals surface area (Å²) in [5.41, 5.74) is 5.87. The Bertz CT molecular complexity index is 784. The SMILES string of the molecule is CCCCc1ccc(C23CCC(c4ccccc4C#N)(CC2)CC3)cc1. The van der Waals surface area contributed by atoms with Crippen molar-refractivity contribution in [1.82, 2.24) is 0 Å². The highest BCUT2D eigenvalue weighted by Gasteiger charge is 2.50. The zero-order valence-corrected chi connectivity index (χ0v) is 15.9. The fourth-order valence-corrected chi connectivity index (χ4v) is 5.47. The minimum absolute atomic E-state index is 0.245. The van der Waals surface area contributed by atoms with E-state index < -0.39 is 0 Å². The molecule has 5 rings (SSSR count). The molecule has 0 amide bonds. The Morgan fingerprint density at radius 3 is 2.08 bits per heavy atom. The maximum absolute atomic E-state index is 9.54. The Labute approximate surface area is 158 Å². The Morgan fingerprint density at radius 1 is 0.846 bits per heavy atom. The molecule has 26 heavy (non-hydrogen) atoms. The first-order chi connectivity index (χ1) is 12.7. The smallest absolute Gasteiger partial charge is 0.0994 e. The number of nitrogens with zero attached hydrogens (tertiary/aromatic N) is 1. The van der Waals surface area contributed by atoms with Gasteiger partial charge in [-0.25, -0.2) is 0 Å². The van der Waals surface area contributed by atoms with Gasteiger partial charge >= 0.3 is 0 Å². The lowest BCUT2D eigenvalue weighted by Gasteiger charge is -2.54. The fourth-order valence-electron chi connectivity index (χ4n) is 5.47. The standard InChI is InChI=1S/C25H29N/c1-2-3-6-20-9-11-22(12-10-20)24-13-16-25(17-14-24,18-15-24)23-8-5-4-7-21(23)19-26/h4-5,7-12H,2-3,6,13-18H2,1H3. The van der Waals surface area contributed by atoms with Gasteiger partial charge in [0.05, 0.1) is 11.6 Å². The lowest BCUT2D eigenvalue weighted by molar-refractivity contribution is 0.102. The molecule has 1 nitrogen and oxygen atoms in total. The van der Waals surface area contributed by atoms with E-state index in [4.69, 9.17) is 0 Å². The zero-order valence-electron chi connectivity index (χ0n) is 15.9. The molecule has 0 heterocycles. The van der Waals surface area contributed by atoms with Crippen molar-refractivity contribution in [2.75, 3.05) is 0 Å². The van der Waals surface area contributed by atoms with Crippen molar-refractivity contribution < 1.29 is 0 Å². The molecule has 0 atom stereocenters. The monoisotopic (exact) mass is 343 g/mol. The third-order valence-electron chi connectivity index (χ3n) is 7.25. The van der Waals surface area contributed by atoms with Crippen molar-refractivity contribution in [3.05, 3.63) is 70.8 Å². The van der Waals surface area contributed by atoms with Crippen LogP contribution in [0.25, 0.3) is 0 Å². The van der Waals surface area contributed by atoms with E-state index in [9.17, 15) is 5.26 Å². The molecule has 134 valence electrons. The van der Waals surface area contributed by atoms with Gasteiger partial charge in [0.1, 0.15) is 0 Å². The molecule has 1 heteroatoms. The van der Waals surface area contributed by atoms with Gasteiger partial charge in [0.15, 0.2) is 0 Å². The molecule has 3 aliphatic rings. The first kappa shape index (κ1) is 17.3. The average Bonchev–Trinajstić information content (AvgIpc) is 2.74. The van der Waals surface area contributed by atoms with Gasteiger partial charge in [-0.15, -0.1) is 0 Å². The summed E-state index contributed by atoms with van der Waals surface area (Å²) in [7, 11) is 0. The van der Waals surface area contributed by atoms with E-state index in [0.717, 1.165) is 5.56 Å². The molecule has 0 aromatic heterocycles. The van der Waals surface area contributed by atoms with E-state index in [0.29, 0.717) is 5.41 Å². The van der Waals surface area contributed by atoms with Crippen LogP contribution in [-0.4, -0.2) is 0 Å². The summed E-state index contributed by atoms with van der Waals surface area (Å²) >= 11 is 0. The van der Waals surface area contributed by atoms with Crippen LogP contribution in [0, 0.1) is 11.3 Å². The maximum atomic E-state index is 9.54. The van der Waals surface area contributed by atoms with Crippen LogP contribution in [0.3, 0.4) is 0 Å². The summed E-state index contributed by atoms with van der Waals surface area (Å²) in [6.07, 6.45) is 11.2. The Balaban J connectivity index is 1.55. The number of hydrogen-bond donors (Lipinski definition) is 0. The molecule has 3 saturated carbocycles. The van der Waals surface area contributed by atoms with Gasteiger partial charge in [-0.1, -0.05) is 55.8 Å². The molecule has 0 radical (unpaired) electrons. The summed E-state index contributed by atoms with van der Waals surface area (Å²) in [5, 5.41) is 9.54. The van der Waals surface area contributed by atoms with Crippen LogP contribution in [0.4, 0.5) is 0 Å². The van der Waals surface area contributed by atoms with E-state index in [2.05, 4.69) is 49.4 Å². The zero-order chi connectivity index (χ0) is 18.0. The molecule has 0 saturated heterocycles. The Kier molecular flexibility index (Phi) is 4.62. The lowest BCUT2D eigenvalue weighted by Crippen LogP contribution is -2.46. The highest BCUT2D eigenvalue weighted by Crippen LogP contribution is 2.58. The number of unbranched alkanes of at least 4 members (excludes halogenated alkanes) is 1. The summed E-state index contributed by atoms with van der Waals surface area (Å²) in [6.45, 7) is 2.26. The highest BCUT2D eigenvalue weighted by atomic mass is 14.5. The van der Waals surface area contributed by atoms with Gasteiger partial charge in [-0.3, -0.25) is 0 Å². The first-order valence-corrected chi connectivity index (χ1v) is 10.3. The van der Waals surface area contributed by atoms with Crippen LogP contribution in [0.2, 0.25) is 0 Å². The third kappa shape index (κ3) is 2.86. The molecule has 2 bridgehead atoms. The second-order valence-corrected chi connectivity index (χ2v) is 8.52. The van der Waals surface area contributed by atoms with Crippen molar-refractivity contribution in [2.24, 2.45) is 0 Å². The van der Waals surface area contributed by atoms with Crippen molar-refractivity contribution >= 4 is 0 Å². The molecule has 0 aliphatic heterocycles. The van der Waals surface area contributed by atoms with E-state index >= 15 is 0 Å². The van der Waals surface area contributed by atoms with Crippen molar-refractivity contribution in [1.29, 1.82) is 5.26 Å². The minimum Gasteiger partial charge on any atom is -0.192 e. The predicted molar refractivity (Wildman–Crippen MR) is 107 cm³/mol. The van der Waals surface area contributed by atoms with Crippen molar-refractivity contribution in [3.63, 3.8) is 0 Å². The van der Waals surface area contributed by atoms with Crippen LogP contribution < -0.4 is 0 Å². The number of fused-ring (bicyclic) bond motifs is 3. The first-order valence-electron chi connectivity index (χ1n) is 10.3. The van der Waals surface area contributed by atoms with Crippen molar-refractivity contribution in [3.8, 4) is 6.07 Å². The molecule has 0 unspecified atom stereocenters. The van der Waals surface area contributed by atoms with Crippen LogP contribution in [-0.2, 0) is 17.3 Å². The number of hydrogen-bond acceptors (Lipinski definition) is 1. The van der Waals surface area contributed by atoms with Crippen LogP contribution >= 0.6 is 0 Å². The maximum Gasteiger partial charge on any atom is 0.0994 e. The quantitative estimate of drug-likeness (QED) is 0.612. The Hall–Kier alpha value is -2.07. The highest BCUT2D eigenvalue weighted by molar-refractivity contribution is 5.45. The van der Waals surface area contributed by atoms with E-state index in [-0.39, 0.29) is 5.41 Å². The molecule has 2 aromatic carbocycles. The molecular weight excluding hydrogens is 314 g/mol. The van der Waals surface area contributed by atoms with Crippen LogP contribution in [0.1, 0.15) is 80.5 Å². The molecule has 3 fully saturated rings. The summed E-state index contributed by atoms with van der Waals surface area (Å²) in [6, 6.07) is 20.3. The second kappa shape index (κ2) is 6.92. The molecule has 2 aromatic rings. The second-order valence-electron chi connectivity index (χ2n) is 8.52. The minimum atomic E-state index is 0.245. The molecular formula is C25H29N. The summed E-state index contributed by atoms with van der Waals surface area (Å²) in [5.74, 6) is 0. The van der Waals surface area contributed by atoms with Gasteiger partial charge in [0.25, 0.3) is 0 Å². The van der Waals surface area contributed by atoms with Crippen LogP contribution in [0.15, 0.2) is 48.5 Å². The molecule has 0 N–H and O–H groups in total. The van der Waals surface area contributed by atoms with E-state index in [1.54, 1.807) is 5.56 Å². The normalized spacial score (nSPS) is 27.2. The fraction of sp³-hybridized carbons (Fsp3) is 0.480. The number of nitriles is 1. The van der Waals surface area contributed by atoms with Gasteiger partial charge in [-0.2, -0.15) is 5.26 Å². The number of aryl methyl sites for hydroxylation is 1. The van der Waals surface area contributed by atoms with Crippen molar-refractivity contribution in [2.45, 2.75) is 75.5 Å². The molecule has 0 spiro atoms. The third-order valence-corrected chi connectivity index (χ3v) is 7.25. The average molecular weight is 344 g/mol. The lowest BCUT2D eigenvalue weighted by atomic mass is 9.50. The van der Waals surface area contributed by atoms with Gasteiger partial charge in [-0.05, 0) is 85.0 Å². The largest absolute Gasteiger partial charge is 0.192 e. The predicted octanol–water partition coefficient (Wildman–Crippen LogP) is 6.44. The number of benzene rings is 2. The topological polar surface area (TPSA) is 23.8 Å². The van der Waals surface area contributed by atoms with E-state index in [1.165, 1.54) is 68.9 Å². The van der Waals surface area contributed by atoms with Gasteiger partial charge < -0.3 is 0 Å². The molecule has 3 aliphatic carbocycles. The summed E-state index contributed by atoms with van der Waals surface area (Å²) in [4.78, 5) is 0. The number of rotatable bonds is 5. The van der Waals surface area contributed by atoms with Gasteiger partial charge in [0, 0.05) is 0 Å². The van der Waals surface area contributed by atoms with Gasteiger partial charge in [0.2, 0.25) is 0 Å². The van der Waals surface area contributed by atoms with Crippen LogP contribution in [0.5, 0.6) is 0 Å². The summed E-state index contributed by atoms with van der Waals surface area (Å²) < 4.78 is 0.